The molecule has 5 heteroatoms. The van der Waals surface area contributed by atoms with E-state index in [-0.39, 0.29) is 0 Å². The van der Waals surface area contributed by atoms with Crippen LogP contribution in [0.4, 0.5) is 11.5 Å². The predicted molar refractivity (Wildman–Crippen MR) is 71.9 cm³/mol. The molecular formula is C11H9Br2N3. The third-order valence-corrected chi connectivity index (χ3v) is 3.39. The summed E-state index contributed by atoms with van der Waals surface area (Å²) in [5, 5.41) is 3.21. The van der Waals surface area contributed by atoms with Gasteiger partial charge in [-0.2, -0.15) is 0 Å². The number of nitrogens with zero attached hydrogens (tertiary/aromatic N) is 2. The number of aryl methyl sites for hydroxylation is 1. The molecular weight excluding hydrogens is 334 g/mol. The molecule has 0 aliphatic heterocycles. The van der Waals surface area contributed by atoms with Crippen LogP contribution in [0.25, 0.3) is 0 Å². The molecule has 2 rings (SSSR count). The summed E-state index contributed by atoms with van der Waals surface area (Å²) < 4.78 is 1.86. The fourth-order valence-electron chi connectivity index (χ4n) is 1.27. The van der Waals surface area contributed by atoms with Crippen LogP contribution in [-0.2, 0) is 0 Å². The molecule has 1 heterocycles. The SMILES string of the molecule is Cc1cc(Nc2cc(Br)ncn2)ccc1Br. The minimum Gasteiger partial charge on any atom is -0.340 e. The maximum Gasteiger partial charge on any atom is 0.134 e. The Kier molecular flexibility index (Phi) is 3.56. The van der Waals surface area contributed by atoms with E-state index >= 15 is 0 Å². The molecule has 0 aliphatic carbocycles. The van der Waals surface area contributed by atoms with Crippen molar-refractivity contribution >= 4 is 43.4 Å². The molecule has 3 nitrogen and oxygen atoms in total. The van der Waals surface area contributed by atoms with Crippen LogP contribution in [0, 0.1) is 6.92 Å². The van der Waals surface area contributed by atoms with Crippen LogP contribution >= 0.6 is 31.9 Å². The van der Waals surface area contributed by atoms with E-state index in [9.17, 15) is 0 Å². The molecule has 0 saturated carbocycles. The van der Waals surface area contributed by atoms with Crippen LogP contribution in [0.5, 0.6) is 0 Å². The summed E-state index contributed by atoms with van der Waals surface area (Å²) in [6.07, 6.45) is 1.51. The Bertz CT molecular complexity index is 514. The number of hydrogen-bond acceptors (Lipinski definition) is 3. The molecule has 0 bridgehead atoms. The second kappa shape index (κ2) is 4.93. The van der Waals surface area contributed by atoms with Crippen molar-refractivity contribution < 1.29 is 0 Å². The first-order chi connectivity index (χ1) is 7.65. The van der Waals surface area contributed by atoms with E-state index in [0.717, 1.165) is 20.6 Å². The molecule has 1 N–H and O–H groups in total. The second-order valence-corrected chi connectivity index (χ2v) is 4.98. The fourth-order valence-corrected chi connectivity index (χ4v) is 1.83. The third-order valence-electron chi connectivity index (χ3n) is 2.06. The van der Waals surface area contributed by atoms with Crippen molar-refractivity contribution in [2.75, 3.05) is 5.32 Å². The molecule has 0 unspecified atom stereocenters. The molecule has 1 aromatic heterocycles. The van der Waals surface area contributed by atoms with Crippen molar-refractivity contribution in [3.63, 3.8) is 0 Å². The smallest absolute Gasteiger partial charge is 0.134 e. The van der Waals surface area contributed by atoms with Gasteiger partial charge in [-0.05, 0) is 46.6 Å². The van der Waals surface area contributed by atoms with Crippen molar-refractivity contribution in [2.45, 2.75) is 6.92 Å². The van der Waals surface area contributed by atoms with Gasteiger partial charge in [0.25, 0.3) is 0 Å². The number of benzene rings is 1. The van der Waals surface area contributed by atoms with Gasteiger partial charge in [0.2, 0.25) is 0 Å². The van der Waals surface area contributed by atoms with Gasteiger partial charge in [0.15, 0.2) is 0 Å². The van der Waals surface area contributed by atoms with E-state index in [0.29, 0.717) is 0 Å². The number of rotatable bonds is 2. The van der Waals surface area contributed by atoms with Gasteiger partial charge in [-0.25, -0.2) is 9.97 Å². The first kappa shape index (κ1) is 11.5. The molecule has 0 amide bonds. The Balaban J connectivity index is 2.24. The maximum atomic E-state index is 4.12. The van der Waals surface area contributed by atoms with Crippen molar-refractivity contribution in [1.29, 1.82) is 0 Å². The lowest BCUT2D eigenvalue weighted by Crippen LogP contribution is -1.94. The van der Waals surface area contributed by atoms with Crippen LogP contribution in [-0.4, -0.2) is 9.97 Å². The monoisotopic (exact) mass is 341 g/mol. The molecule has 0 spiro atoms. The number of anilines is 2. The quantitative estimate of drug-likeness (QED) is 0.836. The predicted octanol–water partition coefficient (Wildman–Crippen LogP) is 4.05. The van der Waals surface area contributed by atoms with E-state index < -0.39 is 0 Å². The second-order valence-electron chi connectivity index (χ2n) is 3.31. The van der Waals surface area contributed by atoms with E-state index in [1.807, 2.05) is 25.1 Å². The Morgan fingerprint density at radius 2 is 1.94 bits per heavy atom. The molecule has 0 atom stereocenters. The Labute approximate surface area is 111 Å². The highest BCUT2D eigenvalue weighted by molar-refractivity contribution is 9.10. The number of aromatic nitrogens is 2. The van der Waals surface area contributed by atoms with Gasteiger partial charge >= 0.3 is 0 Å². The van der Waals surface area contributed by atoms with Gasteiger partial charge < -0.3 is 5.32 Å². The average Bonchev–Trinajstić information content (AvgIpc) is 2.24. The summed E-state index contributed by atoms with van der Waals surface area (Å²) in [5.41, 5.74) is 2.18. The Morgan fingerprint density at radius 1 is 1.12 bits per heavy atom. The number of hydrogen-bond donors (Lipinski definition) is 1. The minimum atomic E-state index is 0.763. The Morgan fingerprint density at radius 3 is 2.62 bits per heavy atom. The Hall–Kier alpha value is -0.940. The molecule has 16 heavy (non-hydrogen) atoms. The summed E-state index contributed by atoms with van der Waals surface area (Å²) >= 11 is 6.77. The zero-order valence-electron chi connectivity index (χ0n) is 8.54. The maximum absolute atomic E-state index is 4.12. The van der Waals surface area contributed by atoms with Crippen LogP contribution in [0.3, 0.4) is 0 Å². The van der Waals surface area contributed by atoms with E-state index in [1.165, 1.54) is 11.9 Å². The largest absolute Gasteiger partial charge is 0.340 e. The molecule has 2 aromatic rings. The van der Waals surface area contributed by atoms with Crippen molar-refractivity contribution in [3.8, 4) is 0 Å². The third kappa shape index (κ3) is 2.80. The van der Waals surface area contributed by atoms with Crippen LogP contribution < -0.4 is 5.32 Å². The van der Waals surface area contributed by atoms with Crippen LogP contribution in [0.15, 0.2) is 39.7 Å². The van der Waals surface area contributed by atoms with Crippen LogP contribution in [0.1, 0.15) is 5.56 Å². The summed E-state index contributed by atoms with van der Waals surface area (Å²) in [6, 6.07) is 7.89. The molecule has 0 aliphatic rings. The van der Waals surface area contributed by atoms with Crippen LogP contribution in [0.2, 0.25) is 0 Å². The van der Waals surface area contributed by atoms with Gasteiger partial charge in [0.1, 0.15) is 16.7 Å². The topological polar surface area (TPSA) is 37.8 Å². The molecule has 82 valence electrons. The molecule has 0 fully saturated rings. The van der Waals surface area contributed by atoms with Crippen molar-refractivity contribution in [3.05, 3.63) is 45.2 Å². The zero-order valence-corrected chi connectivity index (χ0v) is 11.7. The van der Waals surface area contributed by atoms with Crippen molar-refractivity contribution in [1.82, 2.24) is 9.97 Å². The highest BCUT2D eigenvalue weighted by atomic mass is 79.9. The average molecular weight is 343 g/mol. The normalized spacial score (nSPS) is 10.2. The first-order valence-electron chi connectivity index (χ1n) is 4.66. The lowest BCUT2D eigenvalue weighted by molar-refractivity contribution is 1.14. The first-order valence-corrected chi connectivity index (χ1v) is 6.24. The minimum absolute atomic E-state index is 0.763. The highest BCUT2D eigenvalue weighted by Crippen LogP contribution is 2.22. The lowest BCUT2D eigenvalue weighted by Gasteiger charge is -2.07. The summed E-state index contributed by atoms with van der Waals surface area (Å²) in [5.74, 6) is 0.767. The zero-order chi connectivity index (χ0) is 11.5. The summed E-state index contributed by atoms with van der Waals surface area (Å²) in [6.45, 7) is 2.05. The molecule has 0 radical (unpaired) electrons. The van der Waals surface area contributed by atoms with Gasteiger partial charge in [-0.3, -0.25) is 0 Å². The highest BCUT2D eigenvalue weighted by Gasteiger charge is 1.99. The standard InChI is InChI=1S/C11H9Br2N3/c1-7-4-8(2-3-9(7)12)16-11-5-10(13)14-6-15-11/h2-6H,1H3,(H,14,15,16). The lowest BCUT2D eigenvalue weighted by atomic mass is 10.2. The summed E-state index contributed by atoms with van der Waals surface area (Å²) in [7, 11) is 0. The van der Waals surface area contributed by atoms with E-state index in [4.69, 9.17) is 0 Å². The summed E-state index contributed by atoms with van der Waals surface area (Å²) in [4.78, 5) is 8.09. The van der Waals surface area contributed by atoms with Crippen molar-refractivity contribution in [2.24, 2.45) is 0 Å². The van der Waals surface area contributed by atoms with Gasteiger partial charge in [0, 0.05) is 16.2 Å². The number of nitrogens with one attached hydrogen (secondary N) is 1. The van der Waals surface area contributed by atoms with E-state index in [1.54, 1.807) is 0 Å². The van der Waals surface area contributed by atoms with Gasteiger partial charge in [0.05, 0.1) is 0 Å². The van der Waals surface area contributed by atoms with Gasteiger partial charge in [-0.1, -0.05) is 15.9 Å². The fraction of sp³-hybridized carbons (Fsp3) is 0.0909. The molecule has 0 saturated heterocycles. The van der Waals surface area contributed by atoms with Gasteiger partial charge in [-0.15, -0.1) is 0 Å². The number of halogens is 2. The molecule has 1 aromatic carbocycles. The van der Waals surface area contributed by atoms with E-state index in [2.05, 4.69) is 53.2 Å².